The van der Waals surface area contributed by atoms with Gasteiger partial charge in [0.15, 0.2) is 5.11 Å². The number of thiophene rings is 1. The summed E-state index contributed by atoms with van der Waals surface area (Å²) in [5.41, 5.74) is 1.99. The molecular formula is C16H16N2O2S2. The molecule has 4 nitrogen and oxygen atoms in total. The quantitative estimate of drug-likeness (QED) is 0.805. The smallest absolute Gasteiger partial charge is 0.252 e. The molecule has 0 atom stereocenters. The zero-order valence-corrected chi connectivity index (χ0v) is 14.0. The molecule has 114 valence electrons. The fourth-order valence-electron chi connectivity index (χ4n) is 2.42. The summed E-state index contributed by atoms with van der Waals surface area (Å²) < 4.78 is 5.22. The minimum atomic E-state index is -0.00698. The number of carbonyl (C=O) groups excluding carboxylic acids is 1. The molecule has 6 heteroatoms. The maximum Gasteiger partial charge on any atom is 0.252 e. The first-order valence-corrected chi connectivity index (χ1v) is 8.18. The third kappa shape index (κ3) is 2.71. The second-order valence-electron chi connectivity index (χ2n) is 5.10. The average Bonchev–Trinajstić information content (AvgIpc) is 3.03. The van der Waals surface area contributed by atoms with Crippen LogP contribution in [0.1, 0.15) is 10.4 Å². The second kappa shape index (κ2) is 6.06. The molecule has 2 heterocycles. The van der Waals surface area contributed by atoms with Crippen LogP contribution < -0.4 is 9.64 Å². The number of anilines is 1. The fraction of sp³-hybridized carbons (Fsp3) is 0.250. The number of hydrogen-bond donors (Lipinski definition) is 0. The molecule has 0 saturated carbocycles. The highest BCUT2D eigenvalue weighted by Crippen LogP contribution is 2.27. The van der Waals surface area contributed by atoms with Crippen LogP contribution in [0.15, 0.2) is 35.7 Å². The molecule has 1 saturated heterocycles. The number of benzene rings is 1. The van der Waals surface area contributed by atoms with Crippen molar-refractivity contribution in [1.29, 1.82) is 0 Å². The van der Waals surface area contributed by atoms with E-state index in [4.69, 9.17) is 17.0 Å². The van der Waals surface area contributed by atoms with E-state index >= 15 is 0 Å². The molecule has 1 aliphatic rings. The van der Waals surface area contributed by atoms with Gasteiger partial charge in [0.05, 0.1) is 19.3 Å². The van der Waals surface area contributed by atoms with E-state index < -0.39 is 0 Å². The number of hydrogen-bond acceptors (Lipinski definition) is 4. The molecule has 0 N–H and O–H groups in total. The van der Waals surface area contributed by atoms with Gasteiger partial charge >= 0.3 is 0 Å². The summed E-state index contributed by atoms with van der Waals surface area (Å²) >= 11 is 7.20. The molecule has 1 amide bonds. The number of amides is 1. The van der Waals surface area contributed by atoms with Crippen LogP contribution in [0.4, 0.5) is 5.69 Å². The first-order valence-electron chi connectivity index (χ1n) is 6.89. The van der Waals surface area contributed by atoms with Crippen molar-refractivity contribution < 1.29 is 9.53 Å². The van der Waals surface area contributed by atoms with Crippen LogP contribution in [0.3, 0.4) is 0 Å². The van der Waals surface area contributed by atoms with Crippen molar-refractivity contribution in [2.24, 2.45) is 0 Å². The van der Waals surface area contributed by atoms with E-state index in [1.54, 1.807) is 23.3 Å². The molecule has 1 aromatic heterocycles. The highest BCUT2D eigenvalue weighted by Gasteiger charge is 2.34. The molecule has 0 spiro atoms. The average molecular weight is 332 g/mol. The lowest BCUT2D eigenvalue weighted by molar-refractivity contribution is -0.116. The van der Waals surface area contributed by atoms with Gasteiger partial charge in [-0.2, -0.15) is 0 Å². The van der Waals surface area contributed by atoms with E-state index in [9.17, 15) is 4.79 Å². The Morgan fingerprint density at radius 3 is 2.86 bits per heavy atom. The SMILES string of the molecule is COc1cccc(N2C(=O)CN(Cc3sccc3C)C2=S)c1. The predicted octanol–water partition coefficient (Wildman–Crippen LogP) is 3.20. The summed E-state index contributed by atoms with van der Waals surface area (Å²) in [6.45, 7) is 3.06. The summed E-state index contributed by atoms with van der Waals surface area (Å²) in [6, 6.07) is 9.48. The molecule has 0 bridgehead atoms. The molecule has 1 aromatic carbocycles. The van der Waals surface area contributed by atoms with Crippen molar-refractivity contribution in [3.8, 4) is 5.75 Å². The zero-order valence-electron chi connectivity index (χ0n) is 12.4. The molecule has 22 heavy (non-hydrogen) atoms. The Balaban J connectivity index is 1.83. The highest BCUT2D eigenvalue weighted by atomic mass is 32.1. The monoisotopic (exact) mass is 332 g/mol. The van der Waals surface area contributed by atoms with Crippen LogP contribution in [0.5, 0.6) is 5.75 Å². The number of nitrogens with zero attached hydrogens (tertiary/aromatic N) is 2. The number of ether oxygens (including phenoxy) is 1. The maximum atomic E-state index is 12.4. The van der Waals surface area contributed by atoms with Gasteiger partial charge in [0.2, 0.25) is 0 Å². The van der Waals surface area contributed by atoms with Gasteiger partial charge in [-0.25, -0.2) is 0 Å². The molecule has 0 radical (unpaired) electrons. The van der Waals surface area contributed by atoms with Gasteiger partial charge in [-0.15, -0.1) is 11.3 Å². The van der Waals surface area contributed by atoms with Gasteiger partial charge in [-0.3, -0.25) is 9.69 Å². The van der Waals surface area contributed by atoms with E-state index in [2.05, 4.69) is 18.4 Å². The number of rotatable bonds is 4. The largest absolute Gasteiger partial charge is 0.497 e. The lowest BCUT2D eigenvalue weighted by atomic mass is 10.3. The van der Waals surface area contributed by atoms with Crippen molar-refractivity contribution in [2.45, 2.75) is 13.5 Å². The van der Waals surface area contributed by atoms with E-state index in [1.165, 1.54) is 10.4 Å². The van der Waals surface area contributed by atoms with Gasteiger partial charge in [-0.1, -0.05) is 6.07 Å². The van der Waals surface area contributed by atoms with Gasteiger partial charge < -0.3 is 9.64 Å². The summed E-state index contributed by atoms with van der Waals surface area (Å²) in [5.74, 6) is 0.702. The molecule has 0 unspecified atom stereocenters. The normalized spacial score (nSPS) is 14.8. The highest BCUT2D eigenvalue weighted by molar-refractivity contribution is 7.80. The van der Waals surface area contributed by atoms with E-state index in [1.807, 2.05) is 29.2 Å². The van der Waals surface area contributed by atoms with Gasteiger partial charge in [0.25, 0.3) is 5.91 Å². The summed E-state index contributed by atoms with van der Waals surface area (Å²) in [6.07, 6.45) is 0. The summed E-state index contributed by atoms with van der Waals surface area (Å²) in [5, 5.41) is 2.61. The Morgan fingerprint density at radius 1 is 1.36 bits per heavy atom. The number of methoxy groups -OCH3 is 1. The Kier molecular flexibility index (Phi) is 4.13. The first kappa shape index (κ1) is 15.0. The van der Waals surface area contributed by atoms with Crippen LogP contribution in [0.25, 0.3) is 0 Å². The van der Waals surface area contributed by atoms with Crippen LogP contribution in [0, 0.1) is 6.92 Å². The molecule has 3 rings (SSSR count). The first-order chi connectivity index (χ1) is 10.6. The Morgan fingerprint density at radius 2 is 2.18 bits per heavy atom. The number of aryl methyl sites for hydroxylation is 1. The Hall–Kier alpha value is -1.92. The minimum Gasteiger partial charge on any atom is -0.497 e. The van der Waals surface area contributed by atoms with Crippen LogP contribution in [0.2, 0.25) is 0 Å². The minimum absolute atomic E-state index is 0.00698. The number of carbonyl (C=O) groups is 1. The van der Waals surface area contributed by atoms with Crippen LogP contribution in [-0.4, -0.2) is 29.6 Å². The predicted molar refractivity (Wildman–Crippen MR) is 92.5 cm³/mol. The van der Waals surface area contributed by atoms with Crippen molar-refractivity contribution in [3.05, 3.63) is 46.2 Å². The molecule has 1 fully saturated rings. The zero-order chi connectivity index (χ0) is 15.7. The Labute approximate surface area is 138 Å². The number of thiocarbonyl (C=S) groups is 1. The second-order valence-corrected chi connectivity index (χ2v) is 6.46. The van der Waals surface area contributed by atoms with E-state index in [0.29, 0.717) is 24.0 Å². The van der Waals surface area contributed by atoms with Gasteiger partial charge in [-0.05, 0) is 48.3 Å². The molecule has 1 aliphatic heterocycles. The van der Waals surface area contributed by atoms with Crippen molar-refractivity contribution in [3.63, 3.8) is 0 Å². The maximum absolute atomic E-state index is 12.4. The third-order valence-corrected chi connectivity index (χ3v) is 5.10. The van der Waals surface area contributed by atoms with E-state index in [-0.39, 0.29) is 5.91 Å². The van der Waals surface area contributed by atoms with E-state index in [0.717, 1.165) is 5.69 Å². The standard InChI is InChI=1S/C16H16N2O2S2/c1-11-6-7-22-14(11)9-17-10-15(19)18(16(17)21)12-4-3-5-13(8-12)20-2/h3-8H,9-10H2,1-2H3. The summed E-state index contributed by atoms with van der Waals surface area (Å²) in [4.78, 5) is 17.1. The van der Waals surface area contributed by atoms with Gasteiger partial charge in [0, 0.05) is 10.9 Å². The lowest BCUT2D eigenvalue weighted by Gasteiger charge is -2.20. The lowest BCUT2D eigenvalue weighted by Crippen LogP contribution is -2.32. The van der Waals surface area contributed by atoms with Gasteiger partial charge in [0.1, 0.15) is 12.3 Å². The fourth-order valence-corrected chi connectivity index (χ4v) is 3.67. The van der Waals surface area contributed by atoms with Crippen molar-refractivity contribution in [2.75, 3.05) is 18.6 Å². The Bertz CT molecular complexity index is 726. The molecule has 2 aromatic rings. The topological polar surface area (TPSA) is 32.8 Å². The summed E-state index contributed by atoms with van der Waals surface area (Å²) in [7, 11) is 1.61. The molecular weight excluding hydrogens is 316 g/mol. The third-order valence-electron chi connectivity index (χ3n) is 3.65. The van der Waals surface area contributed by atoms with Crippen LogP contribution in [-0.2, 0) is 11.3 Å². The molecule has 0 aliphatic carbocycles. The van der Waals surface area contributed by atoms with Crippen molar-refractivity contribution in [1.82, 2.24) is 4.90 Å². The van der Waals surface area contributed by atoms with Crippen LogP contribution >= 0.6 is 23.6 Å². The van der Waals surface area contributed by atoms with Crippen molar-refractivity contribution >= 4 is 40.3 Å².